The smallest absolute Gasteiger partial charge is 0.192 e. The van der Waals surface area contributed by atoms with Gasteiger partial charge >= 0.3 is 0 Å². The summed E-state index contributed by atoms with van der Waals surface area (Å²) < 4.78 is 12.9. The highest BCUT2D eigenvalue weighted by molar-refractivity contribution is 6.74. The SMILES string of the molecule is CC(C)(C)[Si](C)(C)O[C@H](CO)C[C@H](C[C@@H](O)CO)O[Si](C)(C)C(C)(C)C. The third-order valence-electron chi connectivity index (χ3n) is 6.01. The monoisotopic (exact) mass is 408 g/mol. The van der Waals surface area contributed by atoms with E-state index in [2.05, 4.69) is 67.7 Å². The molecular formula is C19H44O5Si2. The number of aliphatic hydroxyl groups is 3. The zero-order valence-electron chi connectivity index (χ0n) is 18.7. The minimum atomic E-state index is -2.04. The molecule has 0 aromatic carbocycles. The van der Waals surface area contributed by atoms with Crippen LogP contribution in [0.2, 0.25) is 36.3 Å². The van der Waals surface area contributed by atoms with E-state index < -0.39 is 22.7 Å². The fourth-order valence-electron chi connectivity index (χ4n) is 2.21. The lowest BCUT2D eigenvalue weighted by molar-refractivity contribution is 0.0132. The highest BCUT2D eigenvalue weighted by atomic mass is 28.4. The maximum absolute atomic E-state index is 9.97. The predicted octanol–water partition coefficient (Wildman–Crippen LogP) is 3.89. The first kappa shape index (κ1) is 26.2. The van der Waals surface area contributed by atoms with Gasteiger partial charge in [-0.1, -0.05) is 41.5 Å². The first-order valence-corrected chi connectivity index (χ1v) is 15.5. The molecule has 7 heteroatoms. The van der Waals surface area contributed by atoms with Gasteiger partial charge in [0, 0.05) is 6.42 Å². The van der Waals surface area contributed by atoms with Crippen LogP contribution in [0.5, 0.6) is 0 Å². The van der Waals surface area contributed by atoms with Gasteiger partial charge in [-0.2, -0.15) is 0 Å². The minimum absolute atomic E-state index is 0.0460. The molecule has 5 nitrogen and oxygen atoms in total. The molecule has 0 aromatic rings. The van der Waals surface area contributed by atoms with Crippen molar-refractivity contribution >= 4 is 16.6 Å². The summed E-state index contributed by atoms with van der Waals surface area (Å²) in [5.41, 5.74) is 0. The second kappa shape index (κ2) is 9.63. The van der Waals surface area contributed by atoms with Crippen LogP contribution < -0.4 is 0 Å². The van der Waals surface area contributed by atoms with Gasteiger partial charge in [-0.15, -0.1) is 0 Å². The molecule has 158 valence electrons. The Labute approximate surface area is 163 Å². The summed E-state index contributed by atoms with van der Waals surface area (Å²) in [7, 11) is -4.06. The Morgan fingerprint density at radius 2 is 1.08 bits per heavy atom. The fraction of sp³-hybridized carbons (Fsp3) is 1.00. The van der Waals surface area contributed by atoms with Crippen molar-refractivity contribution in [3.63, 3.8) is 0 Å². The Morgan fingerprint density at radius 3 is 1.38 bits per heavy atom. The Morgan fingerprint density at radius 1 is 0.692 bits per heavy atom. The molecule has 0 saturated heterocycles. The van der Waals surface area contributed by atoms with Crippen molar-refractivity contribution in [1.29, 1.82) is 0 Å². The maximum atomic E-state index is 9.97. The lowest BCUT2D eigenvalue weighted by Gasteiger charge is -2.42. The van der Waals surface area contributed by atoms with E-state index in [1.54, 1.807) is 0 Å². The van der Waals surface area contributed by atoms with Crippen LogP contribution in [0, 0.1) is 0 Å². The van der Waals surface area contributed by atoms with Gasteiger partial charge in [-0.05, 0) is 42.7 Å². The van der Waals surface area contributed by atoms with Gasteiger partial charge in [0.05, 0.1) is 31.5 Å². The van der Waals surface area contributed by atoms with Gasteiger partial charge in [-0.3, -0.25) is 0 Å². The molecule has 0 radical (unpaired) electrons. The molecule has 0 bridgehead atoms. The molecule has 26 heavy (non-hydrogen) atoms. The average molecular weight is 409 g/mol. The van der Waals surface area contributed by atoms with Crippen molar-refractivity contribution in [2.75, 3.05) is 13.2 Å². The molecule has 0 unspecified atom stereocenters. The van der Waals surface area contributed by atoms with Crippen LogP contribution in [0.1, 0.15) is 54.4 Å². The Hall–Kier alpha value is 0.234. The van der Waals surface area contributed by atoms with E-state index in [0.29, 0.717) is 12.8 Å². The van der Waals surface area contributed by atoms with Crippen molar-refractivity contribution in [1.82, 2.24) is 0 Å². The largest absolute Gasteiger partial charge is 0.414 e. The second-order valence-corrected chi connectivity index (χ2v) is 20.0. The number of aliphatic hydroxyl groups excluding tert-OH is 3. The summed E-state index contributed by atoms with van der Waals surface area (Å²) in [5, 5.41) is 29.2. The first-order valence-electron chi connectivity index (χ1n) is 9.72. The number of hydrogen-bond donors (Lipinski definition) is 3. The number of hydrogen-bond acceptors (Lipinski definition) is 5. The molecule has 0 spiro atoms. The van der Waals surface area contributed by atoms with Crippen LogP contribution in [0.15, 0.2) is 0 Å². The highest BCUT2D eigenvalue weighted by Gasteiger charge is 2.42. The molecular weight excluding hydrogens is 364 g/mol. The van der Waals surface area contributed by atoms with Crippen molar-refractivity contribution < 1.29 is 24.2 Å². The first-order chi connectivity index (χ1) is 11.5. The van der Waals surface area contributed by atoms with Gasteiger partial charge in [0.2, 0.25) is 0 Å². The van der Waals surface area contributed by atoms with E-state index in [-0.39, 0.29) is 35.5 Å². The van der Waals surface area contributed by atoms with E-state index in [1.807, 2.05) is 0 Å². The van der Waals surface area contributed by atoms with Crippen LogP contribution in [-0.2, 0) is 8.85 Å². The van der Waals surface area contributed by atoms with E-state index >= 15 is 0 Å². The van der Waals surface area contributed by atoms with E-state index in [4.69, 9.17) is 8.85 Å². The molecule has 0 aliphatic rings. The van der Waals surface area contributed by atoms with Gasteiger partial charge in [0.25, 0.3) is 0 Å². The van der Waals surface area contributed by atoms with Crippen LogP contribution in [-0.4, -0.2) is 63.5 Å². The molecule has 0 aliphatic heterocycles. The normalized spacial score (nSPS) is 17.9. The van der Waals surface area contributed by atoms with E-state index in [1.165, 1.54) is 0 Å². The minimum Gasteiger partial charge on any atom is -0.414 e. The molecule has 0 amide bonds. The lowest BCUT2D eigenvalue weighted by Crippen LogP contribution is -2.48. The van der Waals surface area contributed by atoms with Crippen LogP contribution in [0.4, 0.5) is 0 Å². The molecule has 0 rings (SSSR count). The van der Waals surface area contributed by atoms with Crippen LogP contribution >= 0.6 is 0 Å². The Balaban J connectivity index is 5.31. The van der Waals surface area contributed by atoms with Crippen molar-refractivity contribution in [3.8, 4) is 0 Å². The molecule has 0 heterocycles. The molecule has 0 fully saturated rings. The Kier molecular flexibility index (Phi) is 9.71. The topological polar surface area (TPSA) is 79.2 Å². The van der Waals surface area contributed by atoms with Crippen LogP contribution in [0.3, 0.4) is 0 Å². The van der Waals surface area contributed by atoms with Crippen molar-refractivity contribution in [2.45, 2.75) is 109 Å². The highest BCUT2D eigenvalue weighted by Crippen LogP contribution is 2.40. The van der Waals surface area contributed by atoms with Gasteiger partial charge in [0.1, 0.15) is 0 Å². The zero-order chi connectivity index (χ0) is 21.0. The Bertz CT molecular complexity index is 413. The second-order valence-electron chi connectivity index (χ2n) is 10.5. The number of rotatable bonds is 10. The summed E-state index contributed by atoms with van der Waals surface area (Å²) in [6.07, 6.45) is -0.527. The maximum Gasteiger partial charge on any atom is 0.192 e. The quantitative estimate of drug-likeness (QED) is 0.478. The predicted molar refractivity (Wildman–Crippen MR) is 114 cm³/mol. The van der Waals surface area contributed by atoms with Gasteiger partial charge in [-0.25, -0.2) is 0 Å². The summed E-state index contributed by atoms with van der Waals surface area (Å²) in [5.74, 6) is 0. The average Bonchev–Trinajstić information content (AvgIpc) is 2.43. The van der Waals surface area contributed by atoms with Crippen molar-refractivity contribution in [2.24, 2.45) is 0 Å². The summed E-state index contributed by atoms with van der Waals surface area (Å²) in [6.45, 7) is 21.4. The fourth-order valence-corrected chi connectivity index (χ4v) is 4.95. The summed E-state index contributed by atoms with van der Waals surface area (Å²) in [4.78, 5) is 0. The molecule has 3 atom stereocenters. The lowest BCUT2D eigenvalue weighted by atomic mass is 10.1. The molecule has 0 aromatic heterocycles. The van der Waals surface area contributed by atoms with Crippen LogP contribution in [0.25, 0.3) is 0 Å². The van der Waals surface area contributed by atoms with E-state index in [9.17, 15) is 15.3 Å². The molecule has 0 saturated carbocycles. The molecule has 0 aliphatic carbocycles. The standard InChI is InChI=1S/C19H44O5Si2/c1-18(2,3)25(7,8)23-16(11-15(22)13-20)12-17(14-21)24-26(9,10)19(4,5)6/h15-17,20-22H,11-14H2,1-10H3/t15-,16+,17+/m1/s1. The third-order valence-corrected chi connectivity index (χ3v) is 15.1. The summed E-state index contributed by atoms with van der Waals surface area (Å²) in [6, 6.07) is 0. The van der Waals surface area contributed by atoms with Gasteiger partial charge < -0.3 is 24.2 Å². The summed E-state index contributed by atoms with van der Waals surface area (Å²) >= 11 is 0. The molecule has 3 N–H and O–H groups in total. The van der Waals surface area contributed by atoms with Gasteiger partial charge in [0.15, 0.2) is 16.6 Å². The zero-order valence-corrected chi connectivity index (χ0v) is 20.7. The van der Waals surface area contributed by atoms with E-state index in [0.717, 1.165) is 0 Å². The third kappa shape index (κ3) is 8.08. The van der Waals surface area contributed by atoms with Crippen molar-refractivity contribution in [3.05, 3.63) is 0 Å².